The molecule has 2 saturated carbocycles. The lowest BCUT2D eigenvalue weighted by atomic mass is 10.0. The number of amides is 1. The van der Waals surface area contributed by atoms with E-state index in [1.807, 2.05) is 19.9 Å². The minimum absolute atomic E-state index is 0.00893. The van der Waals surface area contributed by atoms with Gasteiger partial charge < -0.3 is 5.32 Å². The van der Waals surface area contributed by atoms with Gasteiger partial charge in [-0.2, -0.15) is 9.78 Å². The molecular weight excluding hydrogens is 342 g/mol. The van der Waals surface area contributed by atoms with Crippen LogP contribution in [0.2, 0.25) is 0 Å². The number of nitrogens with zero attached hydrogens (tertiary/aromatic N) is 3. The van der Waals surface area contributed by atoms with Crippen molar-refractivity contribution in [1.82, 2.24) is 19.7 Å². The van der Waals surface area contributed by atoms with E-state index in [9.17, 15) is 9.59 Å². The molecule has 2 aliphatic carbocycles. The number of hydrogen-bond acceptors (Lipinski definition) is 4. The van der Waals surface area contributed by atoms with Gasteiger partial charge in [-0.05, 0) is 44.9 Å². The highest BCUT2D eigenvalue weighted by molar-refractivity contribution is 5.90. The van der Waals surface area contributed by atoms with Crippen LogP contribution in [0.1, 0.15) is 74.7 Å². The Morgan fingerprint density at radius 1 is 1.30 bits per heavy atom. The van der Waals surface area contributed by atoms with Gasteiger partial charge in [-0.1, -0.05) is 19.8 Å². The van der Waals surface area contributed by atoms with Crippen LogP contribution in [0.25, 0.3) is 5.95 Å². The fraction of sp³-hybridized carbons (Fsp3) is 0.600. The summed E-state index contributed by atoms with van der Waals surface area (Å²) in [7, 11) is 0. The number of hydrogen-bond donors (Lipinski definition) is 2. The van der Waals surface area contributed by atoms with Crippen LogP contribution in [0.5, 0.6) is 0 Å². The van der Waals surface area contributed by atoms with Crippen LogP contribution in [-0.2, 0) is 11.2 Å². The van der Waals surface area contributed by atoms with Gasteiger partial charge in [-0.15, -0.1) is 0 Å². The van der Waals surface area contributed by atoms with Crippen molar-refractivity contribution in [2.75, 3.05) is 5.32 Å². The minimum atomic E-state index is -0.147. The van der Waals surface area contributed by atoms with Crippen LogP contribution in [-0.4, -0.2) is 25.7 Å². The topological polar surface area (TPSA) is 92.7 Å². The highest BCUT2D eigenvalue weighted by Crippen LogP contribution is 2.40. The second-order valence-electron chi connectivity index (χ2n) is 7.85. The Kier molecular flexibility index (Phi) is 4.85. The number of H-pyrrole nitrogens is 1. The van der Waals surface area contributed by atoms with Crippen molar-refractivity contribution in [2.45, 2.75) is 71.1 Å². The minimum Gasteiger partial charge on any atom is -0.310 e. The highest BCUT2D eigenvalue weighted by Gasteiger charge is 2.29. The van der Waals surface area contributed by atoms with Gasteiger partial charge in [0, 0.05) is 29.7 Å². The number of aromatic nitrogens is 4. The average molecular weight is 369 g/mol. The third-order valence-electron chi connectivity index (χ3n) is 5.70. The van der Waals surface area contributed by atoms with Crippen LogP contribution < -0.4 is 10.9 Å². The summed E-state index contributed by atoms with van der Waals surface area (Å²) in [4.78, 5) is 32.3. The first-order chi connectivity index (χ1) is 13.0. The maximum Gasteiger partial charge on any atom is 0.255 e. The zero-order valence-corrected chi connectivity index (χ0v) is 16.0. The van der Waals surface area contributed by atoms with Gasteiger partial charge in [0.2, 0.25) is 11.9 Å². The number of rotatable bonds is 6. The van der Waals surface area contributed by atoms with E-state index in [2.05, 4.69) is 20.4 Å². The second kappa shape index (κ2) is 7.29. The Bertz CT molecular complexity index is 904. The molecular formula is C20H27N5O2. The fourth-order valence-corrected chi connectivity index (χ4v) is 4.01. The molecule has 2 aliphatic rings. The van der Waals surface area contributed by atoms with Crippen molar-refractivity contribution < 1.29 is 4.79 Å². The number of carbonyl (C=O) groups is 1. The SMILES string of the molecule is CCc1c(C)nc(-n2nc(C3CC3)cc2NC(=O)CC2CCCC2)[nH]c1=O. The summed E-state index contributed by atoms with van der Waals surface area (Å²) in [5.41, 5.74) is 2.18. The average Bonchev–Trinajstić information content (AvgIpc) is 3.19. The Morgan fingerprint density at radius 2 is 2.04 bits per heavy atom. The molecule has 0 saturated heterocycles. The van der Waals surface area contributed by atoms with Crippen molar-refractivity contribution in [3.63, 3.8) is 0 Å². The van der Waals surface area contributed by atoms with Crippen LogP contribution in [0.15, 0.2) is 10.9 Å². The van der Waals surface area contributed by atoms with Gasteiger partial charge in [-0.3, -0.25) is 14.6 Å². The summed E-state index contributed by atoms with van der Waals surface area (Å²) in [6.45, 7) is 3.77. The zero-order chi connectivity index (χ0) is 19.0. The zero-order valence-electron chi connectivity index (χ0n) is 16.0. The van der Waals surface area contributed by atoms with E-state index in [0.717, 1.165) is 31.4 Å². The first-order valence-corrected chi connectivity index (χ1v) is 10.0. The van der Waals surface area contributed by atoms with Gasteiger partial charge in [-0.25, -0.2) is 4.98 Å². The molecule has 0 aromatic carbocycles. The van der Waals surface area contributed by atoms with Gasteiger partial charge in [0.15, 0.2) is 0 Å². The lowest BCUT2D eigenvalue weighted by Crippen LogP contribution is -2.22. The third-order valence-corrected chi connectivity index (χ3v) is 5.70. The second-order valence-corrected chi connectivity index (χ2v) is 7.85. The Morgan fingerprint density at radius 3 is 2.67 bits per heavy atom. The molecule has 0 radical (unpaired) electrons. The van der Waals surface area contributed by atoms with E-state index in [4.69, 9.17) is 0 Å². The van der Waals surface area contributed by atoms with Crippen molar-refractivity contribution in [3.05, 3.63) is 33.4 Å². The van der Waals surface area contributed by atoms with Gasteiger partial charge in [0.1, 0.15) is 5.82 Å². The molecule has 2 fully saturated rings. The van der Waals surface area contributed by atoms with Crippen molar-refractivity contribution >= 4 is 11.7 Å². The van der Waals surface area contributed by atoms with Crippen molar-refractivity contribution in [3.8, 4) is 5.95 Å². The van der Waals surface area contributed by atoms with Gasteiger partial charge >= 0.3 is 0 Å². The quantitative estimate of drug-likeness (QED) is 0.818. The lowest BCUT2D eigenvalue weighted by molar-refractivity contribution is -0.117. The van der Waals surface area contributed by atoms with Gasteiger partial charge in [0.05, 0.1) is 5.69 Å². The van der Waals surface area contributed by atoms with E-state index >= 15 is 0 Å². The van der Waals surface area contributed by atoms with E-state index in [0.29, 0.717) is 47.7 Å². The summed E-state index contributed by atoms with van der Waals surface area (Å²) in [5, 5.41) is 7.64. The molecule has 2 aromatic heterocycles. The predicted molar refractivity (Wildman–Crippen MR) is 103 cm³/mol. The summed E-state index contributed by atoms with van der Waals surface area (Å²) in [5.74, 6) is 1.88. The number of aromatic amines is 1. The van der Waals surface area contributed by atoms with Crippen LogP contribution >= 0.6 is 0 Å². The molecule has 2 aromatic rings. The highest BCUT2D eigenvalue weighted by atomic mass is 16.1. The molecule has 0 unspecified atom stereocenters. The molecule has 7 nitrogen and oxygen atoms in total. The molecule has 4 rings (SSSR count). The smallest absolute Gasteiger partial charge is 0.255 e. The standard InChI is InChI=1S/C20H27N5O2/c1-3-15-12(2)21-20(23-19(15)27)25-17(11-16(24-25)14-8-9-14)22-18(26)10-13-6-4-5-7-13/h11,13-14H,3-10H2,1-2H3,(H,22,26)(H,21,23,27). The van der Waals surface area contributed by atoms with Crippen LogP contribution in [0.4, 0.5) is 5.82 Å². The molecule has 144 valence electrons. The molecule has 1 amide bonds. The molecule has 2 heterocycles. The lowest BCUT2D eigenvalue weighted by Gasteiger charge is -2.11. The monoisotopic (exact) mass is 369 g/mol. The normalized spacial score (nSPS) is 17.4. The van der Waals surface area contributed by atoms with Crippen LogP contribution in [0.3, 0.4) is 0 Å². The Hall–Kier alpha value is -2.44. The molecule has 2 N–H and O–H groups in total. The maximum absolute atomic E-state index is 12.5. The number of carbonyl (C=O) groups excluding carboxylic acids is 1. The molecule has 0 aliphatic heterocycles. The largest absolute Gasteiger partial charge is 0.310 e. The maximum atomic E-state index is 12.5. The van der Waals surface area contributed by atoms with Gasteiger partial charge in [0.25, 0.3) is 5.56 Å². The number of aryl methyl sites for hydroxylation is 1. The number of nitrogens with one attached hydrogen (secondary N) is 2. The summed E-state index contributed by atoms with van der Waals surface area (Å²) in [6, 6.07) is 1.92. The summed E-state index contributed by atoms with van der Waals surface area (Å²) >= 11 is 0. The van der Waals surface area contributed by atoms with Crippen molar-refractivity contribution in [2.24, 2.45) is 5.92 Å². The first-order valence-electron chi connectivity index (χ1n) is 10.0. The predicted octanol–water partition coefficient (Wildman–Crippen LogP) is 3.22. The van der Waals surface area contributed by atoms with Crippen LogP contribution in [0, 0.1) is 12.8 Å². The fourth-order valence-electron chi connectivity index (χ4n) is 4.01. The van der Waals surface area contributed by atoms with E-state index in [1.54, 1.807) is 4.68 Å². The van der Waals surface area contributed by atoms with E-state index in [-0.39, 0.29) is 11.5 Å². The molecule has 0 spiro atoms. The summed E-state index contributed by atoms with van der Waals surface area (Å²) in [6.07, 6.45) is 8.10. The Balaban J connectivity index is 1.63. The molecule has 7 heteroatoms. The third kappa shape index (κ3) is 3.82. The Labute approximate surface area is 158 Å². The molecule has 0 atom stereocenters. The summed E-state index contributed by atoms with van der Waals surface area (Å²) < 4.78 is 1.58. The van der Waals surface area contributed by atoms with E-state index < -0.39 is 0 Å². The van der Waals surface area contributed by atoms with E-state index in [1.165, 1.54) is 12.8 Å². The molecule has 27 heavy (non-hydrogen) atoms. The first kappa shape index (κ1) is 17.9. The van der Waals surface area contributed by atoms with Crippen molar-refractivity contribution in [1.29, 1.82) is 0 Å². The number of anilines is 1. The molecule has 0 bridgehead atoms.